The van der Waals surface area contributed by atoms with Crippen LogP contribution >= 0.6 is 0 Å². The molecule has 3 rings (SSSR count). The van der Waals surface area contributed by atoms with Crippen molar-refractivity contribution in [2.24, 2.45) is 11.8 Å². The van der Waals surface area contributed by atoms with Gasteiger partial charge in [0.25, 0.3) is 0 Å². The molecule has 3 atom stereocenters. The van der Waals surface area contributed by atoms with Crippen LogP contribution in [0.3, 0.4) is 0 Å². The van der Waals surface area contributed by atoms with E-state index in [2.05, 4.69) is 5.32 Å². The lowest BCUT2D eigenvalue weighted by Gasteiger charge is -2.38. The molecule has 0 radical (unpaired) electrons. The van der Waals surface area contributed by atoms with Gasteiger partial charge < -0.3 is 24.3 Å². The summed E-state index contributed by atoms with van der Waals surface area (Å²) in [5.41, 5.74) is 2.82. The third kappa shape index (κ3) is 5.17. The van der Waals surface area contributed by atoms with Crippen LogP contribution in [0.2, 0.25) is 0 Å². The number of esters is 2. The Labute approximate surface area is 200 Å². The number of allylic oxidation sites excluding steroid dienone is 3. The van der Waals surface area contributed by atoms with Gasteiger partial charge in [0.05, 0.1) is 25.9 Å². The fourth-order valence-electron chi connectivity index (χ4n) is 4.56. The Morgan fingerprint density at radius 3 is 2.41 bits per heavy atom. The van der Waals surface area contributed by atoms with E-state index in [0.29, 0.717) is 35.6 Å². The molecule has 1 aliphatic carbocycles. The van der Waals surface area contributed by atoms with Crippen LogP contribution in [0.1, 0.15) is 45.1 Å². The highest BCUT2D eigenvalue weighted by molar-refractivity contribution is 6.12. The first kappa shape index (κ1) is 25.5. The maximum atomic E-state index is 13.7. The van der Waals surface area contributed by atoms with Gasteiger partial charge in [-0.05, 0) is 43.4 Å². The van der Waals surface area contributed by atoms with Crippen molar-refractivity contribution in [1.82, 2.24) is 5.32 Å². The molecule has 34 heavy (non-hydrogen) atoms. The van der Waals surface area contributed by atoms with Crippen LogP contribution in [-0.2, 0) is 28.6 Å². The normalized spacial score (nSPS) is 22.1. The van der Waals surface area contributed by atoms with Gasteiger partial charge in [-0.15, -0.1) is 0 Å². The first-order valence-corrected chi connectivity index (χ1v) is 11.6. The molecule has 0 amide bonds. The summed E-state index contributed by atoms with van der Waals surface area (Å²) in [4.78, 5) is 39.3. The highest BCUT2D eigenvalue weighted by Gasteiger charge is 2.47. The van der Waals surface area contributed by atoms with E-state index < -0.39 is 23.8 Å². The molecular formula is C26H33NO7. The largest absolute Gasteiger partial charge is 0.494 e. The van der Waals surface area contributed by atoms with E-state index in [9.17, 15) is 14.4 Å². The first-order chi connectivity index (χ1) is 16.3. The minimum Gasteiger partial charge on any atom is -0.494 e. The van der Waals surface area contributed by atoms with Crippen LogP contribution in [0.25, 0.3) is 0 Å². The molecule has 0 spiro atoms. The molecule has 1 aromatic rings. The van der Waals surface area contributed by atoms with E-state index >= 15 is 0 Å². The van der Waals surface area contributed by atoms with Crippen molar-refractivity contribution in [2.75, 3.05) is 34.0 Å². The summed E-state index contributed by atoms with van der Waals surface area (Å²) in [7, 11) is 2.80. The highest BCUT2D eigenvalue weighted by Crippen LogP contribution is 2.45. The maximum Gasteiger partial charge on any atom is 0.336 e. The molecule has 8 heteroatoms. The number of ether oxygens (including phenoxy) is 4. The Morgan fingerprint density at radius 2 is 1.79 bits per heavy atom. The topological polar surface area (TPSA) is 100 Å². The average molecular weight is 472 g/mol. The number of carbonyl (C=O) groups excluding carboxylic acids is 3. The van der Waals surface area contributed by atoms with E-state index in [1.165, 1.54) is 14.2 Å². The Morgan fingerprint density at radius 1 is 1.09 bits per heavy atom. The lowest BCUT2D eigenvalue weighted by Crippen LogP contribution is -2.43. The molecule has 8 nitrogen and oxygen atoms in total. The molecule has 0 saturated carbocycles. The lowest BCUT2D eigenvalue weighted by molar-refractivity contribution is -0.151. The third-order valence-electron chi connectivity index (χ3n) is 6.17. The zero-order chi connectivity index (χ0) is 24.8. The van der Waals surface area contributed by atoms with E-state index in [0.717, 1.165) is 17.7 Å². The molecule has 1 aromatic carbocycles. The van der Waals surface area contributed by atoms with Crippen LogP contribution < -0.4 is 10.1 Å². The first-order valence-electron chi connectivity index (χ1n) is 11.6. The second-order valence-corrected chi connectivity index (χ2v) is 8.58. The van der Waals surface area contributed by atoms with Crippen LogP contribution in [0.5, 0.6) is 5.75 Å². The number of Topliss-reactive ketones (excluding diaryl/α,β-unsaturated/α-hetero) is 1. The fraction of sp³-hybridized carbons (Fsp3) is 0.500. The fourth-order valence-corrected chi connectivity index (χ4v) is 4.56. The third-order valence-corrected chi connectivity index (χ3v) is 6.17. The van der Waals surface area contributed by atoms with Gasteiger partial charge in [-0.25, -0.2) is 4.79 Å². The predicted octanol–water partition coefficient (Wildman–Crippen LogP) is 3.28. The summed E-state index contributed by atoms with van der Waals surface area (Å²) >= 11 is 0. The van der Waals surface area contributed by atoms with Crippen molar-refractivity contribution >= 4 is 17.7 Å². The van der Waals surface area contributed by atoms with Crippen molar-refractivity contribution in [2.45, 2.75) is 39.5 Å². The van der Waals surface area contributed by atoms with Crippen LogP contribution in [0, 0.1) is 11.8 Å². The molecule has 1 aliphatic heterocycles. The Hall–Kier alpha value is -3.13. The van der Waals surface area contributed by atoms with Gasteiger partial charge in [-0.1, -0.05) is 26.0 Å². The van der Waals surface area contributed by atoms with Crippen molar-refractivity contribution < 1.29 is 33.3 Å². The number of ketones is 1. The van der Waals surface area contributed by atoms with E-state index in [-0.39, 0.29) is 24.9 Å². The molecule has 2 aliphatic rings. The SMILES string of the molecule is CCCOc1ccc([C@@H]2C(C(=O)OCCOC)=C(C)NC3=C2C(=O)[C@@H](C(=O)OC)[C@@H](C)C3)cc1. The van der Waals surface area contributed by atoms with Crippen molar-refractivity contribution in [3.05, 3.63) is 52.4 Å². The van der Waals surface area contributed by atoms with Gasteiger partial charge in [0.2, 0.25) is 0 Å². The molecular weight excluding hydrogens is 438 g/mol. The number of carbonyl (C=O) groups is 3. The van der Waals surface area contributed by atoms with E-state index in [1.807, 2.05) is 38.1 Å². The Kier molecular flexibility index (Phi) is 8.50. The number of methoxy groups -OCH3 is 2. The highest BCUT2D eigenvalue weighted by atomic mass is 16.6. The summed E-state index contributed by atoms with van der Waals surface area (Å²) in [6.45, 7) is 6.62. The summed E-state index contributed by atoms with van der Waals surface area (Å²) < 4.78 is 21.1. The van der Waals surface area contributed by atoms with Crippen molar-refractivity contribution in [1.29, 1.82) is 0 Å². The molecule has 0 fully saturated rings. The second kappa shape index (κ2) is 11.3. The van der Waals surface area contributed by atoms with Gasteiger partial charge in [0.1, 0.15) is 18.3 Å². The zero-order valence-corrected chi connectivity index (χ0v) is 20.4. The number of rotatable bonds is 9. The standard InChI is InChI=1S/C26H33NO7/c1-6-11-33-18-9-7-17(8-10-18)22-21(26(30)34-13-12-31-4)16(3)27-19-14-15(2)20(25(29)32-5)24(28)23(19)22/h7-10,15,20,22,27H,6,11-14H2,1-5H3/t15-,20-,22+/m0/s1. The van der Waals surface area contributed by atoms with Gasteiger partial charge in [0, 0.05) is 30.0 Å². The van der Waals surface area contributed by atoms with Gasteiger partial charge in [-0.3, -0.25) is 9.59 Å². The smallest absolute Gasteiger partial charge is 0.336 e. The minimum absolute atomic E-state index is 0.0876. The molecule has 184 valence electrons. The minimum atomic E-state index is -0.927. The molecule has 0 unspecified atom stereocenters. The molecule has 0 aromatic heterocycles. The lowest BCUT2D eigenvalue weighted by atomic mass is 9.69. The van der Waals surface area contributed by atoms with Gasteiger partial charge in [-0.2, -0.15) is 0 Å². The molecule has 1 N–H and O–H groups in total. The number of hydrogen-bond donors (Lipinski definition) is 1. The molecule has 1 heterocycles. The van der Waals surface area contributed by atoms with E-state index in [1.54, 1.807) is 6.92 Å². The maximum absolute atomic E-state index is 13.7. The Bertz CT molecular complexity index is 993. The summed E-state index contributed by atoms with van der Waals surface area (Å²) in [6, 6.07) is 7.34. The van der Waals surface area contributed by atoms with Crippen LogP contribution in [0.4, 0.5) is 0 Å². The number of hydrogen-bond acceptors (Lipinski definition) is 8. The predicted molar refractivity (Wildman–Crippen MR) is 125 cm³/mol. The summed E-state index contributed by atoms with van der Waals surface area (Å²) in [6.07, 6.45) is 1.37. The van der Waals surface area contributed by atoms with Crippen molar-refractivity contribution in [3.63, 3.8) is 0 Å². The average Bonchev–Trinajstić information content (AvgIpc) is 2.82. The van der Waals surface area contributed by atoms with Gasteiger partial charge in [0.15, 0.2) is 5.78 Å². The van der Waals surface area contributed by atoms with Gasteiger partial charge >= 0.3 is 11.9 Å². The van der Waals surface area contributed by atoms with E-state index in [4.69, 9.17) is 18.9 Å². The monoisotopic (exact) mass is 471 g/mol. The molecule has 0 bridgehead atoms. The van der Waals surface area contributed by atoms with Crippen LogP contribution in [0.15, 0.2) is 46.8 Å². The second-order valence-electron chi connectivity index (χ2n) is 8.58. The quantitative estimate of drug-likeness (QED) is 0.333. The number of benzene rings is 1. The zero-order valence-electron chi connectivity index (χ0n) is 20.4. The van der Waals surface area contributed by atoms with Crippen molar-refractivity contribution in [3.8, 4) is 5.75 Å². The summed E-state index contributed by atoms with van der Waals surface area (Å²) in [5.74, 6) is -2.58. The number of dihydropyridines is 1. The summed E-state index contributed by atoms with van der Waals surface area (Å²) in [5, 5.41) is 3.25. The Balaban J connectivity index is 2.07. The van der Waals surface area contributed by atoms with Crippen LogP contribution in [-0.4, -0.2) is 51.8 Å². The molecule has 0 saturated heterocycles. The number of nitrogens with one attached hydrogen (secondary N) is 1.